The van der Waals surface area contributed by atoms with Crippen molar-refractivity contribution in [1.29, 1.82) is 0 Å². The molecule has 2 heterocycles. The predicted octanol–water partition coefficient (Wildman–Crippen LogP) is 2.57. The van der Waals surface area contributed by atoms with Crippen molar-refractivity contribution in [1.82, 2.24) is 10.1 Å². The number of β-amino-alcohol motifs (C(OH)–C–C–N with tert-alkyl or cyclic N) is 1. The first-order chi connectivity index (χ1) is 10.0. The molecule has 2 aromatic rings. The summed E-state index contributed by atoms with van der Waals surface area (Å²) in [5, 5.41) is 13.6. The molecule has 3 rings (SSSR count). The van der Waals surface area contributed by atoms with Crippen molar-refractivity contribution in [3.63, 3.8) is 0 Å². The van der Waals surface area contributed by atoms with Crippen molar-refractivity contribution in [3.05, 3.63) is 52.9 Å². The number of aryl methyl sites for hydroxylation is 1. The summed E-state index contributed by atoms with van der Waals surface area (Å²) >= 11 is 0. The van der Waals surface area contributed by atoms with Gasteiger partial charge in [0.15, 0.2) is 11.6 Å². The van der Waals surface area contributed by atoms with Gasteiger partial charge in [-0.3, -0.25) is 4.90 Å². The Kier molecular flexibility index (Phi) is 3.73. The second-order valence-electron chi connectivity index (χ2n) is 5.42. The zero-order valence-corrected chi connectivity index (χ0v) is 11.6. The van der Waals surface area contributed by atoms with E-state index in [0.29, 0.717) is 25.1 Å². The van der Waals surface area contributed by atoms with E-state index < -0.39 is 17.7 Å². The van der Waals surface area contributed by atoms with E-state index in [2.05, 4.69) is 5.16 Å². The summed E-state index contributed by atoms with van der Waals surface area (Å²) in [7, 11) is 0. The van der Waals surface area contributed by atoms with Crippen LogP contribution >= 0.6 is 0 Å². The molecule has 0 bridgehead atoms. The maximum Gasteiger partial charge on any atom is 0.159 e. The minimum absolute atomic E-state index is 0.149. The van der Waals surface area contributed by atoms with Crippen LogP contribution in [0.15, 0.2) is 28.9 Å². The number of halogens is 2. The van der Waals surface area contributed by atoms with Crippen LogP contribution in [0.4, 0.5) is 8.78 Å². The van der Waals surface area contributed by atoms with Gasteiger partial charge in [-0.15, -0.1) is 0 Å². The fraction of sp³-hybridized carbons (Fsp3) is 0.400. The Bertz CT molecular complexity index is 644. The van der Waals surface area contributed by atoms with Gasteiger partial charge in [-0.2, -0.15) is 0 Å². The largest absolute Gasteiger partial charge is 0.392 e. The lowest BCUT2D eigenvalue weighted by Crippen LogP contribution is -2.24. The molecule has 21 heavy (non-hydrogen) atoms. The molecule has 4 nitrogen and oxygen atoms in total. The zero-order valence-electron chi connectivity index (χ0n) is 11.6. The molecule has 0 saturated carbocycles. The molecule has 0 spiro atoms. The Morgan fingerprint density at radius 1 is 1.38 bits per heavy atom. The first-order valence-electron chi connectivity index (χ1n) is 6.82. The van der Waals surface area contributed by atoms with E-state index >= 15 is 0 Å². The summed E-state index contributed by atoms with van der Waals surface area (Å²) in [5.74, 6) is -1.01. The Labute approximate surface area is 121 Å². The van der Waals surface area contributed by atoms with Crippen molar-refractivity contribution in [2.75, 3.05) is 6.54 Å². The fourth-order valence-electron chi connectivity index (χ4n) is 2.81. The summed E-state index contributed by atoms with van der Waals surface area (Å²) in [6.07, 6.45) is 1.65. The maximum absolute atomic E-state index is 13.4. The Morgan fingerprint density at radius 2 is 2.19 bits per heavy atom. The molecule has 0 radical (unpaired) electrons. The Hall–Kier alpha value is -1.79. The molecule has 2 atom stereocenters. The van der Waals surface area contributed by atoms with E-state index in [1.165, 1.54) is 6.07 Å². The number of aromatic nitrogens is 1. The third-order valence-corrected chi connectivity index (χ3v) is 3.93. The minimum Gasteiger partial charge on any atom is -0.392 e. The summed E-state index contributed by atoms with van der Waals surface area (Å²) < 4.78 is 31.5. The van der Waals surface area contributed by atoms with Gasteiger partial charge in [0, 0.05) is 24.7 Å². The van der Waals surface area contributed by atoms with Crippen LogP contribution in [0.25, 0.3) is 0 Å². The molecule has 6 heteroatoms. The van der Waals surface area contributed by atoms with Gasteiger partial charge in [-0.1, -0.05) is 11.2 Å². The number of rotatable bonds is 3. The molecule has 0 unspecified atom stereocenters. The van der Waals surface area contributed by atoms with E-state index in [1.807, 2.05) is 11.8 Å². The first-order valence-corrected chi connectivity index (χ1v) is 6.82. The van der Waals surface area contributed by atoms with Crippen LogP contribution in [0.1, 0.15) is 29.3 Å². The average Bonchev–Trinajstić information content (AvgIpc) is 3.00. The maximum atomic E-state index is 13.4. The van der Waals surface area contributed by atoms with Gasteiger partial charge in [0.1, 0.15) is 5.76 Å². The first kappa shape index (κ1) is 14.2. The molecule has 112 valence electrons. The molecule has 1 aliphatic rings. The SMILES string of the molecule is Cc1oncc1CN1C[C@@H](O)C[C@H]1c1ccc(F)c(F)c1. The zero-order chi connectivity index (χ0) is 15.0. The van der Waals surface area contributed by atoms with E-state index in [9.17, 15) is 13.9 Å². The molecule has 1 N–H and O–H groups in total. The van der Waals surface area contributed by atoms with Crippen molar-refractivity contribution in [3.8, 4) is 0 Å². The van der Waals surface area contributed by atoms with Crippen LogP contribution in [-0.4, -0.2) is 27.8 Å². The molecule has 0 aliphatic carbocycles. The highest BCUT2D eigenvalue weighted by atomic mass is 19.2. The summed E-state index contributed by atoms with van der Waals surface area (Å²) in [4.78, 5) is 2.02. The van der Waals surface area contributed by atoms with Gasteiger partial charge < -0.3 is 9.63 Å². The molecule has 1 aliphatic heterocycles. The third kappa shape index (κ3) is 2.82. The topological polar surface area (TPSA) is 49.5 Å². The van der Waals surface area contributed by atoms with Crippen molar-refractivity contribution in [2.24, 2.45) is 0 Å². The van der Waals surface area contributed by atoms with Gasteiger partial charge >= 0.3 is 0 Å². The number of likely N-dealkylation sites (tertiary alicyclic amines) is 1. The van der Waals surface area contributed by atoms with Crippen LogP contribution in [0.3, 0.4) is 0 Å². The quantitative estimate of drug-likeness (QED) is 0.945. The summed E-state index contributed by atoms with van der Waals surface area (Å²) in [6.45, 7) is 2.85. The minimum atomic E-state index is -0.866. The van der Waals surface area contributed by atoms with Gasteiger partial charge in [0.25, 0.3) is 0 Å². The molecule has 1 fully saturated rings. The number of benzene rings is 1. The van der Waals surface area contributed by atoms with Gasteiger partial charge in [-0.05, 0) is 31.0 Å². The Balaban J connectivity index is 1.85. The van der Waals surface area contributed by atoms with Crippen molar-refractivity contribution < 1.29 is 18.4 Å². The number of aliphatic hydroxyl groups is 1. The van der Waals surface area contributed by atoms with Crippen LogP contribution in [0, 0.1) is 18.6 Å². The highest BCUT2D eigenvalue weighted by Crippen LogP contribution is 2.34. The highest BCUT2D eigenvalue weighted by Gasteiger charge is 2.33. The molecule has 1 aromatic carbocycles. The summed E-state index contributed by atoms with van der Waals surface area (Å²) in [6, 6.07) is 3.74. The lowest BCUT2D eigenvalue weighted by Gasteiger charge is -2.24. The van der Waals surface area contributed by atoms with Crippen LogP contribution in [0.2, 0.25) is 0 Å². The molecular weight excluding hydrogens is 278 g/mol. The third-order valence-electron chi connectivity index (χ3n) is 3.93. The van der Waals surface area contributed by atoms with Crippen molar-refractivity contribution >= 4 is 0 Å². The van der Waals surface area contributed by atoms with Gasteiger partial charge in [0.2, 0.25) is 0 Å². The number of hydrogen-bond acceptors (Lipinski definition) is 4. The van der Waals surface area contributed by atoms with E-state index in [4.69, 9.17) is 4.52 Å². The highest BCUT2D eigenvalue weighted by molar-refractivity contribution is 5.23. The van der Waals surface area contributed by atoms with E-state index in [0.717, 1.165) is 17.4 Å². The Morgan fingerprint density at radius 3 is 2.86 bits per heavy atom. The molecule has 1 saturated heterocycles. The normalized spacial score (nSPS) is 22.9. The smallest absolute Gasteiger partial charge is 0.159 e. The predicted molar refractivity (Wildman–Crippen MR) is 71.4 cm³/mol. The molecule has 0 amide bonds. The van der Waals surface area contributed by atoms with Crippen LogP contribution in [0.5, 0.6) is 0 Å². The van der Waals surface area contributed by atoms with Crippen LogP contribution in [-0.2, 0) is 6.54 Å². The second-order valence-corrected chi connectivity index (χ2v) is 5.42. The van der Waals surface area contributed by atoms with E-state index in [-0.39, 0.29) is 6.04 Å². The van der Waals surface area contributed by atoms with Gasteiger partial charge in [0.05, 0.1) is 12.3 Å². The standard InChI is InChI=1S/C15H16F2N2O2/c1-9-11(6-18-21-9)7-19-8-12(20)5-15(19)10-2-3-13(16)14(17)4-10/h2-4,6,12,15,20H,5,7-8H2,1H3/t12-,15-/m0/s1. The second kappa shape index (κ2) is 5.54. The fourth-order valence-corrected chi connectivity index (χ4v) is 2.81. The monoisotopic (exact) mass is 294 g/mol. The molecular formula is C15H16F2N2O2. The van der Waals surface area contributed by atoms with Crippen LogP contribution < -0.4 is 0 Å². The van der Waals surface area contributed by atoms with Gasteiger partial charge in [-0.25, -0.2) is 8.78 Å². The lowest BCUT2D eigenvalue weighted by atomic mass is 10.0. The van der Waals surface area contributed by atoms with E-state index in [1.54, 1.807) is 12.3 Å². The number of hydrogen-bond donors (Lipinski definition) is 1. The molecule has 1 aromatic heterocycles. The number of aliphatic hydroxyl groups excluding tert-OH is 1. The lowest BCUT2D eigenvalue weighted by molar-refractivity contribution is 0.172. The summed E-state index contributed by atoms with van der Waals surface area (Å²) in [5.41, 5.74) is 1.59. The average molecular weight is 294 g/mol. The van der Waals surface area contributed by atoms with Crippen molar-refractivity contribution in [2.45, 2.75) is 32.0 Å². The number of nitrogens with zero attached hydrogens (tertiary/aromatic N) is 2.